The van der Waals surface area contributed by atoms with Crippen LogP contribution in [0.5, 0.6) is 5.75 Å². The molecular formula is C32H38N2O6S. The van der Waals surface area contributed by atoms with Crippen molar-refractivity contribution in [2.45, 2.75) is 71.8 Å². The summed E-state index contributed by atoms with van der Waals surface area (Å²) in [6.45, 7) is 8.91. The summed E-state index contributed by atoms with van der Waals surface area (Å²) in [6, 6.07) is 18.7. The lowest BCUT2D eigenvalue weighted by Gasteiger charge is -2.31. The molecule has 0 saturated carbocycles. The molecule has 9 heteroatoms. The van der Waals surface area contributed by atoms with Gasteiger partial charge in [0.05, 0.1) is 13.0 Å². The lowest BCUT2D eigenvalue weighted by atomic mass is 10.0. The van der Waals surface area contributed by atoms with E-state index in [1.807, 2.05) is 60.7 Å². The van der Waals surface area contributed by atoms with Crippen molar-refractivity contribution in [3.63, 3.8) is 0 Å². The van der Waals surface area contributed by atoms with Crippen molar-refractivity contribution < 1.29 is 28.6 Å². The number of ether oxygens (including phenoxy) is 3. The Morgan fingerprint density at radius 3 is 2.44 bits per heavy atom. The monoisotopic (exact) mass is 578 g/mol. The number of amides is 2. The van der Waals surface area contributed by atoms with E-state index >= 15 is 0 Å². The molecular weight excluding hydrogens is 540 g/mol. The Balaban J connectivity index is 1.44. The van der Waals surface area contributed by atoms with Crippen LogP contribution in [-0.4, -0.2) is 47.7 Å². The Morgan fingerprint density at radius 2 is 1.76 bits per heavy atom. The van der Waals surface area contributed by atoms with Crippen LogP contribution in [0.1, 0.15) is 54.1 Å². The maximum atomic E-state index is 13.8. The summed E-state index contributed by atoms with van der Waals surface area (Å²) in [6.07, 6.45) is 0.593. The Morgan fingerprint density at radius 1 is 1.02 bits per heavy atom. The molecule has 1 aliphatic rings. The van der Waals surface area contributed by atoms with Crippen LogP contribution in [0.2, 0.25) is 0 Å². The second-order valence-corrected chi connectivity index (χ2v) is 12.2. The zero-order chi connectivity index (χ0) is 29.4. The van der Waals surface area contributed by atoms with E-state index in [9.17, 15) is 14.4 Å². The van der Waals surface area contributed by atoms with Crippen LogP contribution >= 0.6 is 11.3 Å². The van der Waals surface area contributed by atoms with Crippen LogP contribution in [0.15, 0.2) is 60.7 Å². The van der Waals surface area contributed by atoms with Gasteiger partial charge < -0.3 is 24.4 Å². The van der Waals surface area contributed by atoms with Crippen LogP contribution in [0.25, 0.3) is 0 Å². The molecule has 1 N–H and O–H groups in total. The number of alkyl carbamates (subject to hydrolysis) is 1. The summed E-state index contributed by atoms with van der Waals surface area (Å²) in [5.74, 6) is 0.293. The highest BCUT2D eigenvalue weighted by molar-refractivity contribution is 7.12. The number of nitrogens with zero attached hydrogens (tertiary/aromatic N) is 1. The minimum atomic E-state index is -0.805. The standard InChI is InChI=1S/C32H38N2O6S/c1-5-38-29(35)19-26-18-24-20-34(16-15-28(24)41-26)30(36)27(33-31(37)40-32(2,3)4)17-22-11-13-25(14-12-22)39-21-23-9-7-6-8-10-23/h6-14,18,27H,5,15-17,19-21H2,1-4H3,(H,33,37)/t27-/m1/s1. The molecule has 218 valence electrons. The Bertz CT molecular complexity index is 1330. The Kier molecular flexibility index (Phi) is 10.0. The summed E-state index contributed by atoms with van der Waals surface area (Å²) in [7, 11) is 0. The molecule has 1 aliphatic heterocycles. The highest BCUT2D eigenvalue weighted by atomic mass is 32.1. The van der Waals surface area contributed by atoms with Gasteiger partial charge in [0.15, 0.2) is 0 Å². The largest absolute Gasteiger partial charge is 0.489 e. The summed E-state index contributed by atoms with van der Waals surface area (Å²) in [4.78, 5) is 42.3. The molecule has 0 radical (unpaired) electrons. The van der Waals surface area contributed by atoms with E-state index in [2.05, 4.69) is 5.32 Å². The molecule has 8 nitrogen and oxygen atoms in total. The van der Waals surface area contributed by atoms with Gasteiger partial charge in [-0.2, -0.15) is 0 Å². The fourth-order valence-corrected chi connectivity index (χ4v) is 5.75. The van der Waals surface area contributed by atoms with Gasteiger partial charge in [0.1, 0.15) is 24.0 Å². The SMILES string of the molecule is CCOC(=O)Cc1cc2c(s1)CCN(C(=O)[C@@H](Cc1ccc(OCc3ccccc3)cc1)NC(=O)OC(C)(C)C)C2. The molecule has 4 rings (SSSR count). The first-order valence-corrected chi connectivity index (χ1v) is 14.7. The molecule has 0 fully saturated rings. The van der Waals surface area contributed by atoms with E-state index in [0.29, 0.717) is 39.1 Å². The van der Waals surface area contributed by atoms with E-state index in [1.54, 1.807) is 43.9 Å². The van der Waals surface area contributed by atoms with E-state index in [1.165, 1.54) is 4.88 Å². The molecule has 0 aliphatic carbocycles. The molecule has 0 unspecified atom stereocenters. The first-order valence-electron chi connectivity index (χ1n) is 13.9. The van der Waals surface area contributed by atoms with Gasteiger partial charge in [0, 0.05) is 29.3 Å². The summed E-state index contributed by atoms with van der Waals surface area (Å²) < 4.78 is 16.4. The maximum absolute atomic E-state index is 13.8. The van der Waals surface area contributed by atoms with Crippen LogP contribution in [-0.2, 0) is 51.5 Å². The molecule has 0 spiro atoms. The number of fused-ring (bicyclic) bond motifs is 1. The van der Waals surface area contributed by atoms with Gasteiger partial charge in [-0.05, 0) is 69.0 Å². The molecule has 0 saturated heterocycles. The predicted octanol–water partition coefficient (Wildman–Crippen LogP) is 5.45. The first-order chi connectivity index (χ1) is 19.6. The van der Waals surface area contributed by atoms with Gasteiger partial charge in [0.2, 0.25) is 5.91 Å². The number of benzene rings is 2. The van der Waals surface area contributed by atoms with Crippen molar-refractivity contribution in [3.8, 4) is 5.75 Å². The van der Waals surface area contributed by atoms with E-state index in [4.69, 9.17) is 14.2 Å². The number of thiophene rings is 1. The van der Waals surface area contributed by atoms with Gasteiger partial charge in [-0.25, -0.2) is 4.79 Å². The lowest BCUT2D eigenvalue weighted by Crippen LogP contribution is -2.51. The second kappa shape index (κ2) is 13.7. The molecule has 0 bridgehead atoms. The molecule has 3 aromatic rings. The topological polar surface area (TPSA) is 94.2 Å². The first kappa shape index (κ1) is 30.1. The number of carbonyl (C=O) groups excluding carboxylic acids is 3. The van der Waals surface area contributed by atoms with Gasteiger partial charge in [0.25, 0.3) is 0 Å². The zero-order valence-electron chi connectivity index (χ0n) is 24.1. The number of rotatable bonds is 10. The highest BCUT2D eigenvalue weighted by Gasteiger charge is 2.31. The van der Waals surface area contributed by atoms with Crippen molar-refractivity contribution in [2.24, 2.45) is 0 Å². The van der Waals surface area contributed by atoms with Crippen LogP contribution < -0.4 is 10.1 Å². The number of esters is 1. The van der Waals surface area contributed by atoms with Crippen molar-refractivity contribution in [1.82, 2.24) is 10.2 Å². The van der Waals surface area contributed by atoms with Gasteiger partial charge in [-0.15, -0.1) is 11.3 Å². The third-order valence-corrected chi connectivity index (χ3v) is 7.69. The molecule has 2 amide bonds. The van der Waals surface area contributed by atoms with Gasteiger partial charge in [-0.3, -0.25) is 9.59 Å². The zero-order valence-corrected chi connectivity index (χ0v) is 24.9. The third-order valence-electron chi connectivity index (χ3n) is 6.45. The lowest BCUT2D eigenvalue weighted by molar-refractivity contribution is -0.142. The Hall–Kier alpha value is -3.85. The number of hydrogen-bond acceptors (Lipinski definition) is 7. The number of carbonyl (C=O) groups is 3. The fourth-order valence-electron chi connectivity index (χ4n) is 4.59. The Labute approximate surface area is 245 Å². The van der Waals surface area contributed by atoms with Crippen molar-refractivity contribution in [3.05, 3.63) is 87.1 Å². The average molecular weight is 579 g/mol. The maximum Gasteiger partial charge on any atom is 0.408 e. The molecule has 2 aromatic carbocycles. The normalized spacial score (nSPS) is 13.6. The molecule has 1 atom stereocenters. The quantitative estimate of drug-likeness (QED) is 0.322. The van der Waals surface area contributed by atoms with Crippen molar-refractivity contribution in [2.75, 3.05) is 13.2 Å². The van der Waals surface area contributed by atoms with Gasteiger partial charge >= 0.3 is 12.1 Å². The minimum absolute atomic E-state index is 0.177. The number of nitrogens with one attached hydrogen (secondary N) is 1. The highest BCUT2D eigenvalue weighted by Crippen LogP contribution is 2.29. The number of hydrogen-bond donors (Lipinski definition) is 1. The van der Waals surface area contributed by atoms with E-state index in [0.717, 1.165) is 27.3 Å². The minimum Gasteiger partial charge on any atom is -0.489 e. The summed E-state index contributed by atoms with van der Waals surface area (Å²) in [5.41, 5.74) is 2.30. The van der Waals surface area contributed by atoms with E-state index < -0.39 is 17.7 Å². The summed E-state index contributed by atoms with van der Waals surface area (Å²) in [5, 5.41) is 2.81. The average Bonchev–Trinajstić information content (AvgIpc) is 3.33. The smallest absolute Gasteiger partial charge is 0.408 e. The van der Waals surface area contributed by atoms with Crippen LogP contribution in [0, 0.1) is 0 Å². The van der Waals surface area contributed by atoms with Crippen LogP contribution in [0.3, 0.4) is 0 Å². The van der Waals surface area contributed by atoms with Crippen molar-refractivity contribution in [1.29, 1.82) is 0 Å². The van der Waals surface area contributed by atoms with Crippen LogP contribution in [0.4, 0.5) is 4.79 Å². The fraction of sp³-hybridized carbons (Fsp3) is 0.406. The van der Waals surface area contributed by atoms with E-state index in [-0.39, 0.29) is 18.3 Å². The molecule has 2 heterocycles. The molecule has 1 aromatic heterocycles. The summed E-state index contributed by atoms with van der Waals surface area (Å²) >= 11 is 1.59. The third kappa shape index (κ3) is 9.08. The van der Waals surface area contributed by atoms with Gasteiger partial charge in [-0.1, -0.05) is 42.5 Å². The molecule has 41 heavy (non-hydrogen) atoms. The second-order valence-electron chi connectivity index (χ2n) is 11.0. The predicted molar refractivity (Wildman–Crippen MR) is 158 cm³/mol. The van der Waals surface area contributed by atoms with Crippen molar-refractivity contribution >= 4 is 29.3 Å².